The van der Waals surface area contributed by atoms with Crippen molar-refractivity contribution in [1.29, 1.82) is 0 Å². The average Bonchev–Trinajstić information content (AvgIpc) is 2.78. The molecule has 0 aliphatic heterocycles. The van der Waals surface area contributed by atoms with Gasteiger partial charge in [0.25, 0.3) is 5.91 Å². The van der Waals surface area contributed by atoms with E-state index in [-0.39, 0.29) is 21.5 Å². The van der Waals surface area contributed by atoms with Crippen LogP contribution in [0.5, 0.6) is 0 Å². The van der Waals surface area contributed by atoms with Crippen LogP contribution in [0.1, 0.15) is 16.1 Å². The zero-order valence-electron chi connectivity index (χ0n) is 9.44. The van der Waals surface area contributed by atoms with Crippen LogP contribution in [-0.2, 0) is 0 Å². The largest absolute Gasteiger partial charge is 0.440 e. The summed E-state index contributed by atoms with van der Waals surface area (Å²) in [7, 11) is 0. The van der Waals surface area contributed by atoms with Gasteiger partial charge in [0.1, 0.15) is 10.8 Å². The number of rotatable bonds is 3. The van der Waals surface area contributed by atoms with Crippen molar-refractivity contribution in [1.82, 2.24) is 0 Å². The number of thiocarbonyl (C=S) groups is 1. The molecule has 1 amide bonds. The Kier molecular flexibility index (Phi) is 3.82. The van der Waals surface area contributed by atoms with E-state index in [9.17, 15) is 9.18 Å². The van der Waals surface area contributed by atoms with E-state index in [1.54, 1.807) is 0 Å². The first-order chi connectivity index (χ1) is 8.97. The molecule has 0 aliphatic carbocycles. The van der Waals surface area contributed by atoms with Crippen LogP contribution in [0.25, 0.3) is 0 Å². The maximum absolute atomic E-state index is 13.4. The summed E-state index contributed by atoms with van der Waals surface area (Å²) in [5.41, 5.74) is 5.78. The smallest absolute Gasteiger partial charge is 0.291 e. The standard InChI is InChI=1S/C12H8ClFN2O2S/c13-10-4-3-9(18-10)12(17)16-6-1-2-8(14)7(5-6)11(15)19/h1-5H,(H2,15,19)(H,16,17). The second-order valence-electron chi connectivity index (χ2n) is 3.62. The van der Waals surface area contributed by atoms with Gasteiger partial charge in [-0.25, -0.2) is 4.39 Å². The molecule has 0 saturated carbocycles. The molecule has 0 bridgehead atoms. The number of hydrogen-bond acceptors (Lipinski definition) is 3. The number of benzene rings is 1. The van der Waals surface area contributed by atoms with Gasteiger partial charge in [0, 0.05) is 11.3 Å². The molecular formula is C12H8ClFN2O2S. The van der Waals surface area contributed by atoms with Crippen LogP contribution in [0.4, 0.5) is 10.1 Å². The summed E-state index contributed by atoms with van der Waals surface area (Å²) in [6, 6.07) is 6.77. The summed E-state index contributed by atoms with van der Waals surface area (Å²) in [4.78, 5) is 11.7. The highest BCUT2D eigenvalue weighted by molar-refractivity contribution is 7.80. The SMILES string of the molecule is NC(=S)c1cc(NC(=O)c2ccc(Cl)o2)ccc1F. The molecule has 0 radical (unpaired) electrons. The lowest BCUT2D eigenvalue weighted by Crippen LogP contribution is -2.14. The van der Waals surface area contributed by atoms with E-state index in [0.717, 1.165) is 0 Å². The predicted molar refractivity (Wildman–Crippen MR) is 74.0 cm³/mol. The number of halogens is 2. The Morgan fingerprint density at radius 3 is 2.68 bits per heavy atom. The molecule has 1 heterocycles. The van der Waals surface area contributed by atoms with Crippen LogP contribution >= 0.6 is 23.8 Å². The van der Waals surface area contributed by atoms with Gasteiger partial charge in [-0.15, -0.1) is 0 Å². The molecule has 1 aromatic carbocycles. The molecule has 0 unspecified atom stereocenters. The first-order valence-corrected chi connectivity index (χ1v) is 5.92. The van der Waals surface area contributed by atoms with Crippen LogP contribution in [0.3, 0.4) is 0 Å². The number of nitrogens with one attached hydrogen (secondary N) is 1. The first-order valence-electron chi connectivity index (χ1n) is 5.13. The van der Waals surface area contributed by atoms with Crippen molar-refractivity contribution in [3.8, 4) is 0 Å². The van der Waals surface area contributed by atoms with E-state index >= 15 is 0 Å². The average molecular weight is 299 g/mol. The molecule has 98 valence electrons. The monoisotopic (exact) mass is 298 g/mol. The Hall–Kier alpha value is -1.92. The number of hydrogen-bond donors (Lipinski definition) is 2. The molecular weight excluding hydrogens is 291 g/mol. The fraction of sp³-hybridized carbons (Fsp3) is 0. The molecule has 7 heteroatoms. The highest BCUT2D eigenvalue weighted by atomic mass is 35.5. The van der Waals surface area contributed by atoms with Gasteiger partial charge in [-0.2, -0.15) is 0 Å². The minimum atomic E-state index is -0.549. The second-order valence-corrected chi connectivity index (χ2v) is 4.43. The summed E-state index contributed by atoms with van der Waals surface area (Å²) in [6.07, 6.45) is 0. The number of nitrogens with two attached hydrogens (primary N) is 1. The molecule has 0 saturated heterocycles. The van der Waals surface area contributed by atoms with Crippen molar-refractivity contribution in [2.45, 2.75) is 0 Å². The van der Waals surface area contributed by atoms with Crippen LogP contribution < -0.4 is 11.1 Å². The van der Waals surface area contributed by atoms with Gasteiger partial charge in [0.2, 0.25) is 0 Å². The Morgan fingerprint density at radius 2 is 2.11 bits per heavy atom. The van der Waals surface area contributed by atoms with E-state index in [4.69, 9.17) is 34.0 Å². The Labute approximate surface area is 118 Å². The van der Waals surface area contributed by atoms with Crippen molar-refractivity contribution in [3.63, 3.8) is 0 Å². The fourth-order valence-corrected chi connectivity index (χ4v) is 1.72. The Balaban J connectivity index is 2.22. The topological polar surface area (TPSA) is 68.3 Å². The predicted octanol–water partition coefficient (Wildman–Crippen LogP) is 2.96. The third-order valence-corrected chi connectivity index (χ3v) is 2.71. The first kappa shape index (κ1) is 13.5. The maximum Gasteiger partial charge on any atom is 0.291 e. The highest BCUT2D eigenvalue weighted by Crippen LogP contribution is 2.18. The summed E-state index contributed by atoms with van der Waals surface area (Å²) < 4.78 is 18.3. The lowest BCUT2D eigenvalue weighted by molar-refractivity contribution is 0.0997. The zero-order chi connectivity index (χ0) is 14.0. The molecule has 0 spiro atoms. The van der Waals surface area contributed by atoms with E-state index < -0.39 is 11.7 Å². The van der Waals surface area contributed by atoms with Crippen LogP contribution in [0, 0.1) is 5.82 Å². The molecule has 0 fully saturated rings. The van der Waals surface area contributed by atoms with Crippen LogP contribution in [-0.4, -0.2) is 10.9 Å². The van der Waals surface area contributed by atoms with Gasteiger partial charge in [0.15, 0.2) is 11.0 Å². The maximum atomic E-state index is 13.4. The molecule has 1 aromatic heterocycles. The summed E-state index contributed by atoms with van der Waals surface area (Å²) in [5, 5.41) is 2.63. The highest BCUT2D eigenvalue weighted by Gasteiger charge is 2.12. The lowest BCUT2D eigenvalue weighted by Gasteiger charge is -2.06. The van der Waals surface area contributed by atoms with Crippen molar-refractivity contribution in [3.05, 3.63) is 52.7 Å². The van der Waals surface area contributed by atoms with Crippen molar-refractivity contribution >= 4 is 40.4 Å². The van der Waals surface area contributed by atoms with E-state index in [0.29, 0.717) is 5.69 Å². The van der Waals surface area contributed by atoms with Crippen molar-refractivity contribution < 1.29 is 13.6 Å². The fourth-order valence-electron chi connectivity index (χ4n) is 1.42. The van der Waals surface area contributed by atoms with E-state index in [1.807, 2.05) is 0 Å². The number of carbonyl (C=O) groups is 1. The third kappa shape index (κ3) is 3.10. The van der Waals surface area contributed by atoms with Crippen LogP contribution in [0.2, 0.25) is 5.22 Å². The van der Waals surface area contributed by atoms with Gasteiger partial charge in [0.05, 0.1) is 0 Å². The van der Waals surface area contributed by atoms with Gasteiger partial charge < -0.3 is 15.5 Å². The minimum Gasteiger partial charge on any atom is -0.440 e. The molecule has 0 atom stereocenters. The Bertz CT molecular complexity index is 657. The lowest BCUT2D eigenvalue weighted by atomic mass is 10.2. The molecule has 0 aliphatic rings. The molecule has 4 nitrogen and oxygen atoms in total. The van der Waals surface area contributed by atoms with E-state index in [1.165, 1.54) is 30.3 Å². The van der Waals surface area contributed by atoms with Gasteiger partial charge in [-0.05, 0) is 41.9 Å². The third-order valence-electron chi connectivity index (χ3n) is 2.29. The zero-order valence-corrected chi connectivity index (χ0v) is 11.0. The van der Waals surface area contributed by atoms with Gasteiger partial charge in [-0.1, -0.05) is 12.2 Å². The van der Waals surface area contributed by atoms with Crippen LogP contribution in [0.15, 0.2) is 34.7 Å². The van der Waals surface area contributed by atoms with Crippen molar-refractivity contribution in [2.24, 2.45) is 5.73 Å². The second kappa shape index (κ2) is 5.38. The van der Waals surface area contributed by atoms with Gasteiger partial charge in [-0.3, -0.25) is 4.79 Å². The summed E-state index contributed by atoms with van der Waals surface area (Å²) in [5.74, 6) is -1.01. The number of carbonyl (C=O) groups excluding carboxylic acids is 1. The van der Waals surface area contributed by atoms with Gasteiger partial charge >= 0.3 is 0 Å². The number of furan rings is 1. The Morgan fingerprint density at radius 1 is 1.37 bits per heavy atom. The normalized spacial score (nSPS) is 10.2. The number of anilines is 1. The summed E-state index contributed by atoms with van der Waals surface area (Å²) in [6.45, 7) is 0. The quantitative estimate of drug-likeness (QED) is 0.855. The van der Waals surface area contributed by atoms with E-state index in [2.05, 4.69) is 5.32 Å². The summed E-state index contributed by atoms with van der Waals surface area (Å²) >= 11 is 10.3. The number of amides is 1. The minimum absolute atomic E-state index is 0.0474. The molecule has 19 heavy (non-hydrogen) atoms. The molecule has 2 rings (SSSR count). The molecule has 3 N–H and O–H groups in total. The molecule has 2 aromatic rings. The van der Waals surface area contributed by atoms with Crippen molar-refractivity contribution in [2.75, 3.05) is 5.32 Å².